The van der Waals surface area contributed by atoms with Crippen LogP contribution in [0.4, 0.5) is 0 Å². The first kappa shape index (κ1) is 22.2. The summed E-state index contributed by atoms with van der Waals surface area (Å²) in [5, 5.41) is 3.69. The summed E-state index contributed by atoms with van der Waals surface area (Å²) in [5.74, 6) is 0. The molecule has 4 rings (SSSR count). The Morgan fingerprint density at radius 2 is 1.37 bits per heavy atom. The molecule has 30 heavy (non-hydrogen) atoms. The van der Waals surface area contributed by atoms with Crippen molar-refractivity contribution < 1.29 is 13.9 Å². The number of alkyl halides is 1. The summed E-state index contributed by atoms with van der Waals surface area (Å²) in [7, 11) is -2.47. The summed E-state index contributed by atoms with van der Waals surface area (Å²) in [4.78, 5) is 0. The molecule has 5 heteroatoms. The Labute approximate surface area is 190 Å². The van der Waals surface area contributed by atoms with Crippen molar-refractivity contribution in [3.05, 3.63) is 60.7 Å². The molecular weight excluding hydrogens is 456 g/mol. The largest absolute Gasteiger partial charge is 0.405 e. The summed E-state index contributed by atoms with van der Waals surface area (Å²) >= 11 is 3.50. The molecular formula is C25H33BrO3Si. The van der Waals surface area contributed by atoms with Gasteiger partial charge in [-0.25, -0.2) is 0 Å². The minimum absolute atomic E-state index is 0.000468. The lowest BCUT2D eigenvalue weighted by atomic mass is 10.1. The fourth-order valence-electron chi connectivity index (χ4n) is 4.65. The Hall–Kier alpha value is -0.983. The van der Waals surface area contributed by atoms with Crippen molar-refractivity contribution in [2.45, 2.75) is 69.5 Å². The average molecular weight is 490 g/mol. The molecule has 0 saturated carbocycles. The standard InChI is InChI=1S/C25H33BrO3Si/c1-25(2,3)30(19-11-6-4-7-12-19,20-13-8-5-9-14-20)27-18-24-23(29-24)17-22-21(28-22)15-10-16-26/h4-9,11-14,21-24H,10,15-18H2,1-3H3. The quantitative estimate of drug-likeness (QED) is 0.277. The Kier molecular flexibility index (Phi) is 6.85. The molecule has 0 spiro atoms. The highest BCUT2D eigenvalue weighted by Crippen LogP contribution is 2.40. The lowest BCUT2D eigenvalue weighted by Crippen LogP contribution is -2.66. The van der Waals surface area contributed by atoms with Crippen molar-refractivity contribution in [3.8, 4) is 0 Å². The number of hydrogen-bond donors (Lipinski definition) is 0. The van der Waals surface area contributed by atoms with Crippen molar-refractivity contribution in [2.24, 2.45) is 0 Å². The van der Waals surface area contributed by atoms with E-state index in [-0.39, 0.29) is 17.2 Å². The summed E-state index contributed by atoms with van der Waals surface area (Å²) < 4.78 is 18.8. The molecule has 3 nitrogen and oxygen atoms in total. The number of rotatable bonds is 10. The Morgan fingerprint density at radius 3 is 1.90 bits per heavy atom. The van der Waals surface area contributed by atoms with Crippen LogP contribution < -0.4 is 10.4 Å². The van der Waals surface area contributed by atoms with Crippen LogP contribution in [0.15, 0.2) is 60.7 Å². The molecule has 0 amide bonds. The summed E-state index contributed by atoms with van der Waals surface area (Å²) in [5.41, 5.74) is 0. The first-order chi connectivity index (χ1) is 14.5. The normalized spacial score (nSPS) is 25.9. The van der Waals surface area contributed by atoms with Gasteiger partial charge in [0, 0.05) is 11.8 Å². The Balaban J connectivity index is 1.47. The third-order valence-corrected chi connectivity index (χ3v) is 11.9. The number of ether oxygens (including phenoxy) is 2. The lowest BCUT2D eigenvalue weighted by Gasteiger charge is -2.43. The van der Waals surface area contributed by atoms with E-state index in [4.69, 9.17) is 13.9 Å². The van der Waals surface area contributed by atoms with Crippen LogP contribution in [0.25, 0.3) is 0 Å². The zero-order chi connectivity index (χ0) is 21.2. The van der Waals surface area contributed by atoms with E-state index < -0.39 is 8.32 Å². The molecule has 0 aromatic heterocycles. The molecule has 2 fully saturated rings. The molecule has 4 atom stereocenters. The van der Waals surface area contributed by atoms with Crippen LogP contribution in [0.1, 0.15) is 40.0 Å². The smallest absolute Gasteiger partial charge is 0.261 e. The van der Waals surface area contributed by atoms with Gasteiger partial charge >= 0.3 is 0 Å². The molecule has 0 N–H and O–H groups in total. The molecule has 2 aromatic carbocycles. The van der Waals surface area contributed by atoms with Gasteiger partial charge in [-0.2, -0.15) is 0 Å². The zero-order valence-corrected chi connectivity index (χ0v) is 20.8. The second-order valence-corrected chi connectivity index (χ2v) is 14.6. The highest BCUT2D eigenvalue weighted by atomic mass is 79.9. The number of epoxide rings is 2. The Bertz CT molecular complexity index is 769. The second kappa shape index (κ2) is 9.25. The number of benzene rings is 2. The van der Waals surface area contributed by atoms with Crippen LogP contribution in [-0.4, -0.2) is 44.7 Å². The summed E-state index contributed by atoms with van der Waals surface area (Å²) in [6.45, 7) is 7.60. The fraction of sp³-hybridized carbons (Fsp3) is 0.520. The van der Waals surface area contributed by atoms with E-state index in [9.17, 15) is 0 Å². The molecule has 2 heterocycles. The van der Waals surface area contributed by atoms with Crippen molar-refractivity contribution in [2.75, 3.05) is 11.9 Å². The van der Waals surface area contributed by atoms with Gasteiger partial charge in [-0.1, -0.05) is 97.4 Å². The van der Waals surface area contributed by atoms with E-state index in [1.807, 2.05) is 0 Å². The molecule has 4 unspecified atom stereocenters. The maximum Gasteiger partial charge on any atom is 0.261 e. The molecule has 162 valence electrons. The SMILES string of the molecule is CC(C)(C)[Si](OCC1OC1CC1OC1CCCBr)(c1ccccc1)c1ccccc1. The third-order valence-electron chi connectivity index (χ3n) is 6.34. The first-order valence-electron chi connectivity index (χ1n) is 11.1. The highest BCUT2D eigenvalue weighted by molar-refractivity contribution is 9.09. The van der Waals surface area contributed by atoms with Crippen molar-refractivity contribution in [3.63, 3.8) is 0 Å². The van der Waals surface area contributed by atoms with Crippen molar-refractivity contribution in [1.29, 1.82) is 0 Å². The maximum absolute atomic E-state index is 6.98. The van der Waals surface area contributed by atoms with Crippen LogP contribution in [0.3, 0.4) is 0 Å². The van der Waals surface area contributed by atoms with E-state index in [1.165, 1.54) is 16.8 Å². The van der Waals surface area contributed by atoms with Crippen LogP contribution in [0, 0.1) is 0 Å². The Morgan fingerprint density at radius 1 is 0.833 bits per heavy atom. The molecule has 2 aromatic rings. The predicted molar refractivity (Wildman–Crippen MR) is 129 cm³/mol. The first-order valence-corrected chi connectivity index (χ1v) is 14.1. The van der Waals surface area contributed by atoms with E-state index in [1.54, 1.807) is 0 Å². The molecule has 2 aliphatic rings. The van der Waals surface area contributed by atoms with Crippen LogP contribution >= 0.6 is 15.9 Å². The van der Waals surface area contributed by atoms with E-state index in [0.717, 1.165) is 18.2 Å². The molecule has 0 radical (unpaired) electrons. The van der Waals surface area contributed by atoms with Gasteiger partial charge in [-0.15, -0.1) is 0 Å². The average Bonchev–Trinajstić information content (AvgIpc) is 3.66. The summed E-state index contributed by atoms with van der Waals surface area (Å²) in [6.07, 6.45) is 4.60. The zero-order valence-electron chi connectivity index (χ0n) is 18.2. The van der Waals surface area contributed by atoms with Crippen LogP contribution in [0.2, 0.25) is 5.04 Å². The topological polar surface area (TPSA) is 34.3 Å². The maximum atomic E-state index is 6.98. The predicted octanol–water partition coefficient (Wildman–Crippen LogP) is 4.66. The minimum Gasteiger partial charge on any atom is -0.405 e. The summed E-state index contributed by atoms with van der Waals surface area (Å²) in [6, 6.07) is 21.6. The highest BCUT2D eigenvalue weighted by Gasteiger charge is 2.53. The van der Waals surface area contributed by atoms with Gasteiger partial charge in [0.15, 0.2) is 0 Å². The lowest BCUT2D eigenvalue weighted by molar-refractivity contribution is 0.246. The number of halogens is 1. The van der Waals surface area contributed by atoms with E-state index in [2.05, 4.69) is 97.4 Å². The minimum atomic E-state index is -2.47. The molecule has 2 saturated heterocycles. The monoisotopic (exact) mass is 488 g/mol. The van der Waals surface area contributed by atoms with Gasteiger partial charge < -0.3 is 13.9 Å². The number of hydrogen-bond acceptors (Lipinski definition) is 3. The van der Waals surface area contributed by atoms with Gasteiger partial charge in [-0.05, 0) is 28.3 Å². The van der Waals surface area contributed by atoms with Gasteiger partial charge in [0.2, 0.25) is 0 Å². The van der Waals surface area contributed by atoms with Crippen molar-refractivity contribution in [1.82, 2.24) is 0 Å². The van der Waals surface area contributed by atoms with Gasteiger partial charge in [0.1, 0.15) is 6.10 Å². The van der Waals surface area contributed by atoms with E-state index in [0.29, 0.717) is 18.8 Å². The molecule has 0 aliphatic carbocycles. The third kappa shape index (κ3) is 4.75. The molecule has 2 aliphatic heterocycles. The van der Waals surface area contributed by atoms with Gasteiger partial charge in [0.05, 0.1) is 24.9 Å². The van der Waals surface area contributed by atoms with Crippen molar-refractivity contribution >= 4 is 34.6 Å². The van der Waals surface area contributed by atoms with Crippen LogP contribution in [0.5, 0.6) is 0 Å². The molecule has 0 bridgehead atoms. The van der Waals surface area contributed by atoms with Gasteiger partial charge in [0.25, 0.3) is 8.32 Å². The van der Waals surface area contributed by atoms with Crippen LogP contribution in [-0.2, 0) is 13.9 Å². The van der Waals surface area contributed by atoms with Gasteiger partial charge in [-0.3, -0.25) is 0 Å². The van der Waals surface area contributed by atoms with E-state index >= 15 is 0 Å². The fourth-order valence-corrected chi connectivity index (χ4v) is 9.54. The second-order valence-electron chi connectivity index (χ2n) is 9.47.